The number of aryl methyl sites for hydroxylation is 1. The summed E-state index contributed by atoms with van der Waals surface area (Å²) in [7, 11) is 0. The standard InChI is InChI=1S/C16H14ClFN4/c1-10-6-15(20-9-14(10)18)19-7-12-8-21-22-16(12)11-2-4-13(17)5-3-11/h2-6,8-9H,7H2,1H3,(H,19,20)(H,21,22). The molecule has 0 amide bonds. The SMILES string of the molecule is Cc1cc(NCc2c[nH]nc2-c2ccc(Cl)cc2)ncc1F. The lowest BCUT2D eigenvalue weighted by molar-refractivity contribution is 0.612. The van der Waals surface area contributed by atoms with E-state index in [1.165, 1.54) is 6.20 Å². The minimum absolute atomic E-state index is 0.310. The summed E-state index contributed by atoms with van der Waals surface area (Å²) >= 11 is 5.90. The van der Waals surface area contributed by atoms with Crippen LogP contribution in [0.1, 0.15) is 11.1 Å². The largest absolute Gasteiger partial charge is 0.366 e. The number of halogens is 2. The maximum absolute atomic E-state index is 13.2. The lowest BCUT2D eigenvalue weighted by Crippen LogP contribution is -2.02. The maximum Gasteiger partial charge on any atom is 0.144 e. The first-order valence-electron chi connectivity index (χ1n) is 6.78. The first-order chi connectivity index (χ1) is 10.6. The average Bonchev–Trinajstić information content (AvgIpc) is 2.98. The third kappa shape index (κ3) is 3.09. The number of H-pyrrole nitrogens is 1. The Kier molecular flexibility index (Phi) is 4.06. The summed E-state index contributed by atoms with van der Waals surface area (Å²) in [4.78, 5) is 4.02. The van der Waals surface area contributed by atoms with Gasteiger partial charge in [0, 0.05) is 28.9 Å². The van der Waals surface area contributed by atoms with Crippen molar-refractivity contribution in [3.63, 3.8) is 0 Å². The van der Waals surface area contributed by atoms with Crippen LogP contribution in [0.25, 0.3) is 11.3 Å². The van der Waals surface area contributed by atoms with Crippen molar-refractivity contribution in [1.82, 2.24) is 15.2 Å². The average molecular weight is 317 g/mol. The molecule has 0 spiro atoms. The number of nitrogens with one attached hydrogen (secondary N) is 2. The molecular formula is C16H14ClFN4. The van der Waals surface area contributed by atoms with Crippen LogP contribution in [0.2, 0.25) is 5.02 Å². The van der Waals surface area contributed by atoms with E-state index in [0.29, 0.717) is 22.9 Å². The van der Waals surface area contributed by atoms with E-state index in [9.17, 15) is 4.39 Å². The third-order valence-electron chi connectivity index (χ3n) is 3.34. The van der Waals surface area contributed by atoms with Crippen molar-refractivity contribution in [2.75, 3.05) is 5.32 Å². The molecule has 0 unspecified atom stereocenters. The number of hydrogen-bond acceptors (Lipinski definition) is 3. The van der Waals surface area contributed by atoms with E-state index >= 15 is 0 Å². The number of hydrogen-bond donors (Lipinski definition) is 2. The van der Waals surface area contributed by atoms with Crippen LogP contribution in [-0.4, -0.2) is 15.2 Å². The highest BCUT2D eigenvalue weighted by Crippen LogP contribution is 2.23. The highest BCUT2D eigenvalue weighted by atomic mass is 35.5. The highest BCUT2D eigenvalue weighted by Gasteiger charge is 2.09. The van der Waals surface area contributed by atoms with Gasteiger partial charge < -0.3 is 5.32 Å². The molecule has 0 bridgehead atoms. The van der Waals surface area contributed by atoms with Crippen molar-refractivity contribution < 1.29 is 4.39 Å². The zero-order valence-electron chi connectivity index (χ0n) is 11.9. The molecular weight excluding hydrogens is 303 g/mol. The molecule has 2 heterocycles. The van der Waals surface area contributed by atoms with E-state index in [0.717, 1.165) is 16.8 Å². The zero-order valence-corrected chi connectivity index (χ0v) is 12.7. The first-order valence-corrected chi connectivity index (χ1v) is 7.16. The number of benzene rings is 1. The number of pyridine rings is 1. The lowest BCUT2D eigenvalue weighted by Gasteiger charge is -2.07. The molecule has 2 N–H and O–H groups in total. The van der Waals surface area contributed by atoms with Gasteiger partial charge in [-0.1, -0.05) is 23.7 Å². The topological polar surface area (TPSA) is 53.6 Å². The fourth-order valence-corrected chi connectivity index (χ4v) is 2.26. The van der Waals surface area contributed by atoms with Gasteiger partial charge in [-0.3, -0.25) is 5.10 Å². The normalized spacial score (nSPS) is 10.7. The minimum atomic E-state index is -0.310. The van der Waals surface area contributed by atoms with Crippen molar-refractivity contribution in [1.29, 1.82) is 0 Å². The molecule has 0 fully saturated rings. The Hall–Kier alpha value is -2.40. The van der Waals surface area contributed by atoms with Gasteiger partial charge in [0.1, 0.15) is 11.6 Å². The summed E-state index contributed by atoms with van der Waals surface area (Å²) in [5, 5.41) is 11.0. The molecule has 2 aromatic heterocycles. The van der Waals surface area contributed by atoms with Crippen molar-refractivity contribution in [2.24, 2.45) is 0 Å². The van der Waals surface area contributed by atoms with Crippen LogP contribution in [0.4, 0.5) is 10.2 Å². The number of rotatable bonds is 4. The van der Waals surface area contributed by atoms with Crippen LogP contribution in [0.15, 0.2) is 42.7 Å². The van der Waals surface area contributed by atoms with E-state index in [1.54, 1.807) is 13.0 Å². The molecule has 0 aliphatic heterocycles. The molecule has 0 saturated heterocycles. The van der Waals surface area contributed by atoms with Gasteiger partial charge in [-0.25, -0.2) is 9.37 Å². The number of anilines is 1. The molecule has 0 aliphatic carbocycles. The van der Waals surface area contributed by atoms with Gasteiger partial charge in [0.05, 0.1) is 11.9 Å². The number of nitrogens with zero attached hydrogens (tertiary/aromatic N) is 2. The molecule has 0 radical (unpaired) electrons. The van der Waals surface area contributed by atoms with E-state index < -0.39 is 0 Å². The molecule has 4 nitrogen and oxygen atoms in total. The van der Waals surface area contributed by atoms with E-state index in [4.69, 9.17) is 11.6 Å². The van der Waals surface area contributed by atoms with Crippen LogP contribution < -0.4 is 5.32 Å². The monoisotopic (exact) mass is 316 g/mol. The fraction of sp³-hybridized carbons (Fsp3) is 0.125. The molecule has 6 heteroatoms. The Morgan fingerprint density at radius 2 is 2.05 bits per heavy atom. The molecule has 3 rings (SSSR count). The minimum Gasteiger partial charge on any atom is -0.366 e. The Bertz CT molecular complexity index is 783. The summed E-state index contributed by atoms with van der Waals surface area (Å²) in [6, 6.07) is 9.17. The van der Waals surface area contributed by atoms with Crippen LogP contribution in [0.5, 0.6) is 0 Å². The highest BCUT2D eigenvalue weighted by molar-refractivity contribution is 6.30. The molecule has 112 valence electrons. The second-order valence-electron chi connectivity index (χ2n) is 4.94. The lowest BCUT2D eigenvalue weighted by atomic mass is 10.1. The summed E-state index contributed by atoms with van der Waals surface area (Å²) in [6.07, 6.45) is 3.04. The first kappa shape index (κ1) is 14.5. The van der Waals surface area contributed by atoms with Gasteiger partial charge in [0.25, 0.3) is 0 Å². The summed E-state index contributed by atoms with van der Waals surface area (Å²) in [6.45, 7) is 2.24. The quantitative estimate of drug-likeness (QED) is 0.759. The van der Waals surface area contributed by atoms with Gasteiger partial charge in [0.2, 0.25) is 0 Å². The van der Waals surface area contributed by atoms with Gasteiger partial charge in [0.15, 0.2) is 0 Å². The smallest absolute Gasteiger partial charge is 0.144 e. The van der Waals surface area contributed by atoms with Crippen molar-refractivity contribution in [2.45, 2.75) is 13.5 Å². The third-order valence-corrected chi connectivity index (χ3v) is 3.60. The Morgan fingerprint density at radius 3 is 2.77 bits per heavy atom. The van der Waals surface area contributed by atoms with Crippen molar-refractivity contribution in [3.05, 3.63) is 64.7 Å². The maximum atomic E-state index is 13.2. The van der Waals surface area contributed by atoms with E-state index in [1.807, 2.05) is 30.5 Å². The van der Waals surface area contributed by atoms with Gasteiger partial charge >= 0.3 is 0 Å². The van der Waals surface area contributed by atoms with Gasteiger partial charge in [-0.05, 0) is 30.7 Å². The molecule has 0 saturated carbocycles. The predicted molar refractivity (Wildman–Crippen MR) is 85.3 cm³/mol. The Morgan fingerprint density at radius 1 is 1.27 bits per heavy atom. The second-order valence-corrected chi connectivity index (χ2v) is 5.37. The molecule has 3 aromatic rings. The van der Waals surface area contributed by atoms with Crippen LogP contribution in [0, 0.1) is 12.7 Å². The molecule has 22 heavy (non-hydrogen) atoms. The van der Waals surface area contributed by atoms with Crippen LogP contribution in [0.3, 0.4) is 0 Å². The van der Waals surface area contributed by atoms with Crippen LogP contribution in [-0.2, 0) is 6.54 Å². The van der Waals surface area contributed by atoms with Gasteiger partial charge in [-0.2, -0.15) is 5.10 Å². The zero-order chi connectivity index (χ0) is 15.5. The Labute approximate surface area is 132 Å². The van der Waals surface area contributed by atoms with Gasteiger partial charge in [-0.15, -0.1) is 0 Å². The summed E-state index contributed by atoms with van der Waals surface area (Å²) in [5.41, 5.74) is 3.38. The second kappa shape index (κ2) is 6.15. The van der Waals surface area contributed by atoms with E-state index in [-0.39, 0.29) is 5.82 Å². The molecule has 0 atom stereocenters. The van der Waals surface area contributed by atoms with Crippen molar-refractivity contribution in [3.8, 4) is 11.3 Å². The number of aromatic nitrogens is 3. The van der Waals surface area contributed by atoms with E-state index in [2.05, 4.69) is 20.5 Å². The molecule has 0 aliphatic rings. The fourth-order valence-electron chi connectivity index (χ4n) is 2.13. The predicted octanol–water partition coefficient (Wildman–Crippen LogP) is 4.18. The Balaban J connectivity index is 1.77. The summed E-state index contributed by atoms with van der Waals surface area (Å²) < 4.78 is 13.2. The summed E-state index contributed by atoms with van der Waals surface area (Å²) in [5.74, 6) is 0.317. The number of aromatic amines is 1. The van der Waals surface area contributed by atoms with Crippen LogP contribution >= 0.6 is 11.6 Å². The van der Waals surface area contributed by atoms with Crippen molar-refractivity contribution >= 4 is 17.4 Å². The molecule has 1 aromatic carbocycles.